The van der Waals surface area contributed by atoms with Gasteiger partial charge in [0.25, 0.3) is 0 Å². The van der Waals surface area contributed by atoms with Crippen molar-refractivity contribution in [2.45, 2.75) is 425 Å². The minimum Gasteiger partial charge on any atom is -0.462 e. The molecule has 0 aliphatic rings. The van der Waals surface area contributed by atoms with Crippen LogP contribution in [0.4, 0.5) is 0 Å². The van der Waals surface area contributed by atoms with Gasteiger partial charge in [0, 0.05) is 19.3 Å². The molecule has 1 unspecified atom stereocenters. The predicted molar refractivity (Wildman–Crippen MR) is 344 cm³/mol. The summed E-state index contributed by atoms with van der Waals surface area (Å²) in [6.45, 7) is 6.70. The van der Waals surface area contributed by atoms with Crippen LogP contribution in [0, 0.1) is 0 Å². The standard InChI is InChI=1S/C73H140O6/c1-4-7-10-13-16-19-22-25-27-28-29-30-31-32-33-34-35-36-37-38-39-40-41-42-43-44-45-47-48-51-54-57-60-63-66-72(75)78-69-70(68-77-71(74)65-62-59-56-53-50-24-21-18-15-12-9-6-3)79-73(76)67-64-61-58-55-52-49-46-26-23-20-17-14-11-8-5-2/h26,46,70H,4-25,27-45,47-69H2,1-3H3/b46-26-. The van der Waals surface area contributed by atoms with Gasteiger partial charge >= 0.3 is 17.9 Å². The third kappa shape index (κ3) is 66.8. The largest absolute Gasteiger partial charge is 0.462 e. The Hall–Kier alpha value is -1.85. The topological polar surface area (TPSA) is 78.9 Å². The molecule has 0 spiro atoms. The van der Waals surface area contributed by atoms with Crippen molar-refractivity contribution in [2.24, 2.45) is 0 Å². The lowest BCUT2D eigenvalue weighted by molar-refractivity contribution is -0.167. The number of allylic oxidation sites excluding steroid dienone is 2. The van der Waals surface area contributed by atoms with Crippen LogP contribution in [-0.2, 0) is 28.6 Å². The van der Waals surface area contributed by atoms with Gasteiger partial charge in [-0.25, -0.2) is 0 Å². The second-order valence-corrected chi connectivity index (χ2v) is 24.9. The van der Waals surface area contributed by atoms with Crippen LogP contribution in [0.3, 0.4) is 0 Å². The Morgan fingerprint density at radius 2 is 0.418 bits per heavy atom. The number of unbranched alkanes of at least 4 members (excludes halogenated alkanes) is 55. The summed E-state index contributed by atoms with van der Waals surface area (Å²) in [6, 6.07) is 0. The van der Waals surface area contributed by atoms with Crippen LogP contribution in [0.5, 0.6) is 0 Å². The van der Waals surface area contributed by atoms with Crippen molar-refractivity contribution >= 4 is 17.9 Å². The van der Waals surface area contributed by atoms with Gasteiger partial charge in [0.15, 0.2) is 6.10 Å². The summed E-state index contributed by atoms with van der Waals surface area (Å²) in [5.74, 6) is -0.845. The lowest BCUT2D eigenvalue weighted by Gasteiger charge is -2.18. The van der Waals surface area contributed by atoms with Crippen LogP contribution in [-0.4, -0.2) is 37.2 Å². The van der Waals surface area contributed by atoms with Crippen molar-refractivity contribution in [3.63, 3.8) is 0 Å². The van der Waals surface area contributed by atoms with Crippen molar-refractivity contribution in [3.05, 3.63) is 12.2 Å². The molecule has 468 valence electrons. The molecule has 0 fully saturated rings. The maximum atomic E-state index is 12.9. The van der Waals surface area contributed by atoms with E-state index < -0.39 is 6.10 Å². The van der Waals surface area contributed by atoms with Gasteiger partial charge < -0.3 is 14.2 Å². The number of rotatable bonds is 68. The van der Waals surface area contributed by atoms with Crippen molar-refractivity contribution in [1.82, 2.24) is 0 Å². The molecule has 0 amide bonds. The maximum Gasteiger partial charge on any atom is 0.306 e. The molecule has 0 saturated heterocycles. The molecule has 0 N–H and O–H groups in total. The Labute approximate surface area is 494 Å². The molecule has 0 rings (SSSR count). The Kier molecular flexibility index (Phi) is 67.0. The Balaban J connectivity index is 4.01. The fourth-order valence-corrected chi connectivity index (χ4v) is 11.3. The molecule has 0 radical (unpaired) electrons. The van der Waals surface area contributed by atoms with E-state index in [1.807, 2.05) is 0 Å². The smallest absolute Gasteiger partial charge is 0.306 e. The normalized spacial score (nSPS) is 12.0. The first-order chi connectivity index (χ1) is 39.0. The molecular formula is C73H140O6. The van der Waals surface area contributed by atoms with E-state index in [4.69, 9.17) is 14.2 Å². The molecule has 6 heteroatoms. The zero-order valence-corrected chi connectivity index (χ0v) is 53.9. The summed E-state index contributed by atoms with van der Waals surface area (Å²) in [5.41, 5.74) is 0. The molecule has 0 aromatic carbocycles. The lowest BCUT2D eigenvalue weighted by atomic mass is 10.0. The zero-order valence-electron chi connectivity index (χ0n) is 53.9. The van der Waals surface area contributed by atoms with E-state index in [1.165, 1.54) is 315 Å². The highest BCUT2D eigenvalue weighted by Gasteiger charge is 2.19. The minimum atomic E-state index is -0.770. The van der Waals surface area contributed by atoms with E-state index in [2.05, 4.69) is 32.9 Å². The van der Waals surface area contributed by atoms with Gasteiger partial charge in [0.1, 0.15) is 13.2 Å². The maximum absolute atomic E-state index is 12.9. The molecule has 6 nitrogen and oxygen atoms in total. The van der Waals surface area contributed by atoms with Gasteiger partial charge in [0.05, 0.1) is 0 Å². The average Bonchev–Trinajstić information content (AvgIpc) is 3.45. The van der Waals surface area contributed by atoms with E-state index in [-0.39, 0.29) is 31.1 Å². The first-order valence-electron chi connectivity index (χ1n) is 36.2. The molecule has 0 aromatic rings. The third-order valence-corrected chi connectivity index (χ3v) is 16.8. The Morgan fingerprint density at radius 3 is 0.633 bits per heavy atom. The van der Waals surface area contributed by atoms with Gasteiger partial charge in [-0.1, -0.05) is 367 Å². The summed E-state index contributed by atoms with van der Waals surface area (Å²) in [5, 5.41) is 0. The number of hydrogen-bond acceptors (Lipinski definition) is 6. The van der Waals surface area contributed by atoms with Crippen LogP contribution in [0.25, 0.3) is 0 Å². The summed E-state index contributed by atoms with van der Waals surface area (Å²) >= 11 is 0. The van der Waals surface area contributed by atoms with Crippen LogP contribution in [0.1, 0.15) is 419 Å². The van der Waals surface area contributed by atoms with Crippen LogP contribution in [0.2, 0.25) is 0 Å². The van der Waals surface area contributed by atoms with Crippen molar-refractivity contribution in [2.75, 3.05) is 13.2 Å². The summed E-state index contributed by atoms with van der Waals surface area (Å²) < 4.78 is 16.9. The van der Waals surface area contributed by atoms with Gasteiger partial charge in [-0.2, -0.15) is 0 Å². The molecule has 0 bridgehead atoms. The van der Waals surface area contributed by atoms with Crippen molar-refractivity contribution < 1.29 is 28.6 Å². The van der Waals surface area contributed by atoms with E-state index in [0.717, 1.165) is 64.2 Å². The predicted octanol–water partition coefficient (Wildman–Crippen LogP) is 24.8. The Bertz CT molecular complexity index is 1230. The van der Waals surface area contributed by atoms with E-state index >= 15 is 0 Å². The average molecular weight is 1110 g/mol. The fraction of sp³-hybridized carbons (Fsp3) is 0.932. The van der Waals surface area contributed by atoms with E-state index in [9.17, 15) is 14.4 Å². The lowest BCUT2D eigenvalue weighted by Crippen LogP contribution is -2.30. The quantitative estimate of drug-likeness (QED) is 0.0261. The summed E-state index contributed by atoms with van der Waals surface area (Å²) in [6.07, 6.45) is 82.7. The van der Waals surface area contributed by atoms with Crippen LogP contribution in [0.15, 0.2) is 12.2 Å². The second kappa shape index (κ2) is 68.6. The van der Waals surface area contributed by atoms with Gasteiger partial charge in [-0.15, -0.1) is 0 Å². The molecule has 0 saturated carbocycles. The van der Waals surface area contributed by atoms with Gasteiger partial charge in [-0.3, -0.25) is 14.4 Å². The van der Waals surface area contributed by atoms with Crippen LogP contribution < -0.4 is 0 Å². The summed E-state index contributed by atoms with van der Waals surface area (Å²) in [7, 11) is 0. The van der Waals surface area contributed by atoms with Gasteiger partial charge in [-0.05, 0) is 44.9 Å². The molecular weight excluding hydrogens is 973 g/mol. The van der Waals surface area contributed by atoms with E-state index in [0.29, 0.717) is 19.3 Å². The first-order valence-corrected chi connectivity index (χ1v) is 36.2. The molecule has 79 heavy (non-hydrogen) atoms. The molecule has 0 aliphatic carbocycles. The molecule has 1 atom stereocenters. The van der Waals surface area contributed by atoms with E-state index in [1.54, 1.807) is 0 Å². The number of esters is 3. The van der Waals surface area contributed by atoms with Crippen molar-refractivity contribution in [1.29, 1.82) is 0 Å². The van der Waals surface area contributed by atoms with Gasteiger partial charge in [0.2, 0.25) is 0 Å². The Morgan fingerprint density at radius 1 is 0.241 bits per heavy atom. The second-order valence-electron chi connectivity index (χ2n) is 24.9. The fourth-order valence-electron chi connectivity index (χ4n) is 11.3. The monoisotopic (exact) mass is 1110 g/mol. The minimum absolute atomic E-state index is 0.0670. The number of ether oxygens (including phenoxy) is 3. The highest BCUT2D eigenvalue weighted by molar-refractivity contribution is 5.71. The van der Waals surface area contributed by atoms with Crippen molar-refractivity contribution in [3.8, 4) is 0 Å². The number of hydrogen-bond donors (Lipinski definition) is 0. The first kappa shape index (κ1) is 77.2. The SMILES string of the molecule is CCCCCCCC/C=C\CCCCCCCC(=O)OC(COC(=O)CCCCCCCCCCCCCC)COC(=O)CCCCCCCCCCCCCCCCCCCCCCCCCCCCCCCCCCCC. The summed E-state index contributed by atoms with van der Waals surface area (Å²) in [4.78, 5) is 38.3. The number of carbonyl (C=O) groups excluding carboxylic acids is 3. The molecule has 0 aliphatic heterocycles. The zero-order chi connectivity index (χ0) is 57.1. The molecule has 0 aromatic heterocycles. The molecule has 0 heterocycles. The highest BCUT2D eigenvalue weighted by Crippen LogP contribution is 2.19. The van der Waals surface area contributed by atoms with Crippen LogP contribution >= 0.6 is 0 Å². The number of carbonyl (C=O) groups is 3. The third-order valence-electron chi connectivity index (χ3n) is 16.8. The highest BCUT2D eigenvalue weighted by atomic mass is 16.6.